The van der Waals surface area contributed by atoms with Crippen LogP contribution in [0.1, 0.15) is 34.3 Å². The van der Waals surface area contributed by atoms with Gasteiger partial charge in [0.1, 0.15) is 0 Å². The fourth-order valence-corrected chi connectivity index (χ4v) is 5.06. The number of hydrogen-bond acceptors (Lipinski definition) is 5. The summed E-state index contributed by atoms with van der Waals surface area (Å²) in [6.07, 6.45) is -1.86. The van der Waals surface area contributed by atoms with Crippen LogP contribution in [0.4, 0.5) is 24.5 Å². The molecule has 3 heterocycles. The van der Waals surface area contributed by atoms with Gasteiger partial charge in [0.05, 0.1) is 23.1 Å². The van der Waals surface area contributed by atoms with E-state index in [1.54, 1.807) is 0 Å². The van der Waals surface area contributed by atoms with E-state index in [1.165, 1.54) is 12.1 Å². The van der Waals surface area contributed by atoms with Gasteiger partial charge < -0.3 is 20.9 Å². The molecule has 1 atom stereocenters. The average molecular weight is 474 g/mol. The Morgan fingerprint density at radius 3 is 2.26 bits per heavy atom. The largest absolute Gasteiger partial charge is 0.416 e. The van der Waals surface area contributed by atoms with E-state index in [1.807, 2.05) is 23.1 Å². The van der Waals surface area contributed by atoms with Gasteiger partial charge >= 0.3 is 6.18 Å². The summed E-state index contributed by atoms with van der Waals surface area (Å²) in [7, 11) is 0. The van der Waals surface area contributed by atoms with Crippen molar-refractivity contribution >= 4 is 17.3 Å². The molecule has 0 radical (unpaired) electrons. The molecule has 0 aliphatic carbocycles. The van der Waals surface area contributed by atoms with Crippen LogP contribution in [-0.2, 0) is 12.7 Å². The quantitative estimate of drug-likeness (QED) is 0.630. The minimum atomic E-state index is -4.32. The number of carbonyl (C=O) groups is 1. The lowest BCUT2D eigenvalue weighted by Crippen LogP contribution is -2.48. The van der Waals surface area contributed by atoms with Gasteiger partial charge in [0.15, 0.2) is 0 Å². The maximum atomic E-state index is 13.1. The summed E-state index contributed by atoms with van der Waals surface area (Å²) >= 11 is 0. The number of halogens is 3. The SMILES string of the molecule is O=C(c1ccc2c(c1)NC(C1CCNCC1)N2)N1CCN(Cc2ccc(C(F)(F)F)cc2)CC1. The second kappa shape index (κ2) is 9.46. The van der Waals surface area contributed by atoms with E-state index < -0.39 is 11.7 Å². The number of alkyl halides is 3. The Kier molecular flexibility index (Phi) is 6.40. The van der Waals surface area contributed by atoms with E-state index >= 15 is 0 Å². The van der Waals surface area contributed by atoms with Crippen LogP contribution in [0.25, 0.3) is 0 Å². The van der Waals surface area contributed by atoms with E-state index in [4.69, 9.17) is 0 Å². The van der Waals surface area contributed by atoms with Crippen LogP contribution >= 0.6 is 0 Å². The molecule has 3 aliphatic rings. The van der Waals surface area contributed by atoms with Crippen LogP contribution in [0, 0.1) is 5.92 Å². The molecule has 3 N–H and O–H groups in total. The number of carbonyl (C=O) groups excluding carboxylic acids is 1. The zero-order chi connectivity index (χ0) is 23.7. The lowest BCUT2D eigenvalue weighted by molar-refractivity contribution is -0.137. The van der Waals surface area contributed by atoms with Crippen molar-refractivity contribution in [1.82, 2.24) is 15.1 Å². The number of anilines is 2. The normalized spacial score (nSPS) is 21.6. The minimum absolute atomic E-state index is 0.0177. The summed E-state index contributed by atoms with van der Waals surface area (Å²) in [6, 6.07) is 11.1. The number of piperidine rings is 1. The van der Waals surface area contributed by atoms with Crippen LogP contribution in [0.5, 0.6) is 0 Å². The topological polar surface area (TPSA) is 59.6 Å². The number of nitrogens with one attached hydrogen (secondary N) is 3. The Labute approximate surface area is 197 Å². The number of amides is 1. The van der Waals surface area contributed by atoms with E-state index in [0.29, 0.717) is 44.2 Å². The van der Waals surface area contributed by atoms with Crippen molar-refractivity contribution in [3.63, 3.8) is 0 Å². The molecular formula is C25H30F3N5O. The van der Waals surface area contributed by atoms with Crippen LogP contribution in [0.15, 0.2) is 42.5 Å². The lowest BCUT2D eigenvalue weighted by atomic mass is 9.95. The molecule has 6 nitrogen and oxygen atoms in total. The second-order valence-corrected chi connectivity index (χ2v) is 9.38. The zero-order valence-electron chi connectivity index (χ0n) is 19.0. The number of benzene rings is 2. The molecule has 0 spiro atoms. The Bertz CT molecular complexity index is 1010. The Morgan fingerprint density at radius 1 is 0.912 bits per heavy atom. The monoisotopic (exact) mass is 473 g/mol. The molecule has 0 saturated carbocycles. The maximum absolute atomic E-state index is 13.1. The summed E-state index contributed by atoms with van der Waals surface area (Å²) in [5.74, 6) is 0.578. The van der Waals surface area contributed by atoms with Crippen molar-refractivity contribution in [2.45, 2.75) is 31.7 Å². The van der Waals surface area contributed by atoms with E-state index in [0.717, 1.165) is 55.0 Å². The first kappa shape index (κ1) is 23.0. The van der Waals surface area contributed by atoms with Gasteiger partial charge in [0.25, 0.3) is 5.91 Å². The second-order valence-electron chi connectivity index (χ2n) is 9.38. The van der Waals surface area contributed by atoms with Crippen molar-refractivity contribution in [2.24, 2.45) is 5.92 Å². The molecule has 9 heteroatoms. The summed E-state index contributed by atoms with van der Waals surface area (Å²) in [5.41, 5.74) is 2.91. The van der Waals surface area contributed by atoms with Gasteiger partial charge in [-0.15, -0.1) is 0 Å². The summed E-state index contributed by atoms with van der Waals surface area (Å²) in [6.45, 7) is 5.22. The molecule has 2 aromatic carbocycles. The fourth-order valence-electron chi connectivity index (χ4n) is 5.06. The van der Waals surface area contributed by atoms with Gasteiger partial charge in [0, 0.05) is 38.3 Å². The van der Waals surface area contributed by atoms with Gasteiger partial charge in [-0.1, -0.05) is 12.1 Å². The highest BCUT2D eigenvalue weighted by molar-refractivity contribution is 5.97. The first-order chi connectivity index (χ1) is 16.4. The first-order valence-electron chi connectivity index (χ1n) is 11.9. The predicted molar refractivity (Wildman–Crippen MR) is 126 cm³/mol. The summed E-state index contributed by atoms with van der Waals surface area (Å²) < 4.78 is 38.3. The Morgan fingerprint density at radius 2 is 1.59 bits per heavy atom. The van der Waals surface area contributed by atoms with E-state index in [-0.39, 0.29) is 12.1 Å². The molecule has 2 saturated heterocycles. The Hall–Kier alpha value is -2.78. The fraction of sp³-hybridized carbons (Fsp3) is 0.480. The van der Waals surface area contributed by atoms with Crippen LogP contribution in [-0.4, -0.2) is 61.1 Å². The number of piperazine rings is 1. The molecule has 182 valence electrons. The third kappa shape index (κ3) is 5.00. The molecular weight excluding hydrogens is 443 g/mol. The highest BCUT2D eigenvalue weighted by Gasteiger charge is 2.31. The van der Waals surface area contributed by atoms with Crippen LogP contribution < -0.4 is 16.0 Å². The number of rotatable bonds is 4. The lowest BCUT2D eigenvalue weighted by Gasteiger charge is -2.35. The van der Waals surface area contributed by atoms with Crippen molar-refractivity contribution in [2.75, 3.05) is 49.9 Å². The highest BCUT2D eigenvalue weighted by atomic mass is 19.4. The summed E-state index contributed by atoms with van der Waals surface area (Å²) in [5, 5.41) is 10.5. The molecule has 0 bridgehead atoms. The molecule has 1 unspecified atom stereocenters. The zero-order valence-corrected chi connectivity index (χ0v) is 19.0. The molecule has 1 amide bonds. The van der Waals surface area contributed by atoms with Gasteiger partial charge in [-0.3, -0.25) is 9.69 Å². The third-order valence-electron chi connectivity index (χ3n) is 7.09. The van der Waals surface area contributed by atoms with Gasteiger partial charge in [-0.2, -0.15) is 13.2 Å². The maximum Gasteiger partial charge on any atom is 0.416 e. The third-order valence-corrected chi connectivity index (χ3v) is 7.09. The van der Waals surface area contributed by atoms with Crippen molar-refractivity contribution < 1.29 is 18.0 Å². The number of hydrogen-bond donors (Lipinski definition) is 3. The van der Waals surface area contributed by atoms with E-state index in [9.17, 15) is 18.0 Å². The van der Waals surface area contributed by atoms with Gasteiger partial charge in [-0.05, 0) is 67.7 Å². The van der Waals surface area contributed by atoms with E-state index in [2.05, 4.69) is 20.9 Å². The molecule has 0 aromatic heterocycles. The standard InChI is InChI=1S/C25H30F3N5O/c26-25(27,28)20-4-1-17(2-5-20)16-32-11-13-33(14-12-32)24(34)19-3-6-21-22(15-19)31-23(30-21)18-7-9-29-10-8-18/h1-6,15,18,23,29-31H,7-14,16H2. The van der Waals surface area contributed by atoms with Crippen molar-refractivity contribution in [3.05, 3.63) is 59.2 Å². The molecule has 5 rings (SSSR count). The van der Waals surface area contributed by atoms with Crippen LogP contribution in [0.2, 0.25) is 0 Å². The number of nitrogens with zero attached hydrogens (tertiary/aromatic N) is 2. The molecule has 34 heavy (non-hydrogen) atoms. The molecule has 3 aliphatic heterocycles. The van der Waals surface area contributed by atoms with Gasteiger partial charge in [0.2, 0.25) is 0 Å². The van der Waals surface area contributed by atoms with Crippen molar-refractivity contribution in [1.29, 1.82) is 0 Å². The number of fused-ring (bicyclic) bond motifs is 1. The highest BCUT2D eigenvalue weighted by Crippen LogP contribution is 2.34. The van der Waals surface area contributed by atoms with Gasteiger partial charge in [-0.25, -0.2) is 0 Å². The van der Waals surface area contributed by atoms with Crippen LogP contribution in [0.3, 0.4) is 0 Å². The molecule has 2 aromatic rings. The Balaban J connectivity index is 1.14. The first-order valence-corrected chi connectivity index (χ1v) is 11.9. The van der Waals surface area contributed by atoms with Crippen molar-refractivity contribution in [3.8, 4) is 0 Å². The minimum Gasteiger partial charge on any atom is -0.363 e. The average Bonchev–Trinajstić information content (AvgIpc) is 3.28. The smallest absolute Gasteiger partial charge is 0.363 e. The predicted octanol–water partition coefficient (Wildman–Crippen LogP) is 3.83. The summed E-state index contributed by atoms with van der Waals surface area (Å²) in [4.78, 5) is 17.2. The molecule has 2 fully saturated rings.